The molecule has 0 heterocycles. The molecule has 1 aromatic rings. The number of hydrogen-bond acceptors (Lipinski definition) is 1. The molecule has 0 atom stereocenters. The van der Waals surface area contributed by atoms with Crippen molar-refractivity contribution >= 4 is 11.6 Å². The molecule has 1 nitrogen and oxygen atoms in total. The first kappa shape index (κ1) is 8.75. The van der Waals surface area contributed by atoms with Crippen molar-refractivity contribution in [1.82, 2.24) is 0 Å². The number of benzene rings is 1. The molecule has 13 heavy (non-hydrogen) atoms. The summed E-state index contributed by atoms with van der Waals surface area (Å²) in [6.07, 6.45) is 2.03. The Balaban J connectivity index is 2.25. The largest absolute Gasteiger partial charge is 0.490 e. The smallest absolute Gasteiger partial charge is 0.148 e. The van der Waals surface area contributed by atoms with Crippen LogP contribution in [0.5, 0.6) is 5.75 Å². The van der Waals surface area contributed by atoms with E-state index < -0.39 is 16.7 Å². The number of rotatable bonds is 2. The summed E-state index contributed by atoms with van der Waals surface area (Å²) in [6.45, 7) is 0. The highest BCUT2D eigenvalue weighted by Gasteiger charge is 2.24. The van der Waals surface area contributed by atoms with E-state index in [1.807, 2.05) is 0 Å². The second kappa shape index (κ2) is 3.14. The molecule has 0 unspecified atom stereocenters. The van der Waals surface area contributed by atoms with E-state index in [0.717, 1.165) is 25.0 Å². The van der Waals surface area contributed by atoms with Crippen LogP contribution in [0, 0.1) is 11.6 Å². The SMILES string of the molecule is Fc1cc(OC2CC2)cc(F)c1Cl. The van der Waals surface area contributed by atoms with Crippen molar-refractivity contribution in [3.8, 4) is 5.75 Å². The van der Waals surface area contributed by atoms with Crippen LogP contribution in [0.4, 0.5) is 8.78 Å². The molecular weight excluding hydrogens is 198 g/mol. The van der Waals surface area contributed by atoms with Gasteiger partial charge in [-0.3, -0.25) is 0 Å². The highest BCUT2D eigenvalue weighted by Crippen LogP contribution is 2.30. The van der Waals surface area contributed by atoms with Gasteiger partial charge in [0.2, 0.25) is 0 Å². The molecular formula is C9H7ClF2O. The lowest BCUT2D eigenvalue weighted by Gasteiger charge is -2.05. The fourth-order valence-electron chi connectivity index (χ4n) is 0.979. The Bertz CT molecular complexity index is 313. The van der Waals surface area contributed by atoms with Crippen LogP contribution in [0.25, 0.3) is 0 Å². The molecule has 1 aliphatic carbocycles. The maximum absolute atomic E-state index is 12.9. The summed E-state index contributed by atoms with van der Waals surface area (Å²) in [5.74, 6) is -1.35. The molecule has 1 fully saturated rings. The van der Waals surface area contributed by atoms with E-state index in [2.05, 4.69) is 0 Å². The van der Waals surface area contributed by atoms with Gasteiger partial charge in [-0.15, -0.1) is 0 Å². The molecule has 70 valence electrons. The summed E-state index contributed by atoms with van der Waals surface area (Å²) < 4.78 is 30.9. The molecule has 1 aromatic carbocycles. The van der Waals surface area contributed by atoms with E-state index in [1.165, 1.54) is 0 Å². The molecule has 0 bridgehead atoms. The molecule has 0 amide bonds. The van der Waals surface area contributed by atoms with Crippen LogP contribution in [0.3, 0.4) is 0 Å². The summed E-state index contributed by atoms with van der Waals surface area (Å²) in [7, 11) is 0. The Morgan fingerprint density at radius 2 is 1.77 bits per heavy atom. The van der Waals surface area contributed by atoms with E-state index in [-0.39, 0.29) is 11.9 Å². The van der Waals surface area contributed by atoms with Crippen molar-refractivity contribution < 1.29 is 13.5 Å². The van der Waals surface area contributed by atoms with Gasteiger partial charge in [0.25, 0.3) is 0 Å². The van der Waals surface area contributed by atoms with Gasteiger partial charge in [-0.1, -0.05) is 11.6 Å². The Morgan fingerprint density at radius 1 is 1.23 bits per heavy atom. The molecule has 0 aliphatic heterocycles. The topological polar surface area (TPSA) is 9.23 Å². The average molecular weight is 205 g/mol. The van der Waals surface area contributed by atoms with Gasteiger partial charge in [-0.25, -0.2) is 8.78 Å². The van der Waals surface area contributed by atoms with Gasteiger partial charge >= 0.3 is 0 Å². The van der Waals surface area contributed by atoms with E-state index in [0.29, 0.717) is 0 Å². The third-order valence-electron chi connectivity index (χ3n) is 1.78. The lowest BCUT2D eigenvalue weighted by Crippen LogP contribution is -1.97. The third-order valence-corrected chi connectivity index (χ3v) is 2.15. The van der Waals surface area contributed by atoms with Crippen molar-refractivity contribution in [2.24, 2.45) is 0 Å². The van der Waals surface area contributed by atoms with E-state index in [9.17, 15) is 8.78 Å². The van der Waals surface area contributed by atoms with Crippen LogP contribution >= 0.6 is 11.6 Å². The van der Waals surface area contributed by atoms with Crippen LogP contribution in [-0.4, -0.2) is 6.10 Å². The first-order valence-corrected chi connectivity index (χ1v) is 4.36. The maximum Gasteiger partial charge on any atom is 0.148 e. The van der Waals surface area contributed by atoms with Crippen molar-refractivity contribution in [3.63, 3.8) is 0 Å². The first-order chi connectivity index (χ1) is 6.16. The third kappa shape index (κ3) is 1.91. The van der Waals surface area contributed by atoms with Crippen molar-refractivity contribution in [1.29, 1.82) is 0 Å². The highest BCUT2D eigenvalue weighted by molar-refractivity contribution is 6.30. The van der Waals surface area contributed by atoms with Gasteiger partial charge in [-0.05, 0) is 12.8 Å². The molecule has 0 radical (unpaired) electrons. The lowest BCUT2D eigenvalue weighted by atomic mass is 10.3. The predicted molar refractivity (Wildman–Crippen MR) is 45.0 cm³/mol. The maximum atomic E-state index is 12.9. The second-order valence-electron chi connectivity index (χ2n) is 3.02. The highest BCUT2D eigenvalue weighted by atomic mass is 35.5. The number of ether oxygens (including phenoxy) is 1. The Hall–Kier alpha value is -0.830. The second-order valence-corrected chi connectivity index (χ2v) is 3.40. The Labute approximate surface area is 79.3 Å². The standard InChI is InChI=1S/C9H7ClF2O/c10-9-7(11)3-6(4-8(9)12)13-5-1-2-5/h3-5H,1-2H2. The van der Waals surface area contributed by atoms with Crippen LogP contribution < -0.4 is 4.74 Å². The quantitative estimate of drug-likeness (QED) is 0.673. The van der Waals surface area contributed by atoms with Crippen molar-refractivity contribution in [3.05, 3.63) is 28.8 Å². The van der Waals surface area contributed by atoms with Crippen LogP contribution in [-0.2, 0) is 0 Å². The molecule has 1 saturated carbocycles. The van der Waals surface area contributed by atoms with Gasteiger partial charge in [0.15, 0.2) is 0 Å². The number of hydrogen-bond donors (Lipinski definition) is 0. The summed E-state index contributed by atoms with van der Waals surface area (Å²) >= 11 is 5.30. The molecule has 1 aliphatic rings. The molecule has 4 heteroatoms. The molecule has 0 saturated heterocycles. The molecule has 0 spiro atoms. The summed E-state index contributed by atoms with van der Waals surface area (Å²) in [5.41, 5.74) is 0. The van der Waals surface area contributed by atoms with E-state index in [4.69, 9.17) is 16.3 Å². The zero-order chi connectivity index (χ0) is 9.42. The normalized spacial score (nSPS) is 15.9. The average Bonchev–Trinajstić information content (AvgIpc) is 2.84. The Morgan fingerprint density at radius 3 is 2.23 bits per heavy atom. The summed E-state index contributed by atoms with van der Waals surface area (Å²) in [5, 5.41) is -0.483. The van der Waals surface area contributed by atoms with Crippen molar-refractivity contribution in [2.45, 2.75) is 18.9 Å². The van der Waals surface area contributed by atoms with Gasteiger partial charge in [0.1, 0.15) is 22.4 Å². The van der Waals surface area contributed by atoms with Crippen molar-refractivity contribution in [2.75, 3.05) is 0 Å². The predicted octanol–water partition coefficient (Wildman–Crippen LogP) is 3.16. The minimum atomic E-state index is -0.780. The van der Waals surface area contributed by atoms with E-state index in [1.54, 1.807) is 0 Å². The fraction of sp³-hybridized carbons (Fsp3) is 0.333. The van der Waals surface area contributed by atoms with Crippen LogP contribution in [0.15, 0.2) is 12.1 Å². The summed E-state index contributed by atoms with van der Waals surface area (Å²) in [4.78, 5) is 0. The molecule has 0 N–H and O–H groups in total. The molecule has 0 aromatic heterocycles. The fourth-order valence-corrected chi connectivity index (χ4v) is 1.09. The lowest BCUT2D eigenvalue weighted by molar-refractivity contribution is 0.300. The molecule has 2 rings (SSSR count). The Kier molecular flexibility index (Phi) is 2.12. The minimum Gasteiger partial charge on any atom is -0.490 e. The van der Waals surface area contributed by atoms with Crippen LogP contribution in [0.1, 0.15) is 12.8 Å². The van der Waals surface area contributed by atoms with Gasteiger partial charge in [0, 0.05) is 12.1 Å². The van der Waals surface area contributed by atoms with Gasteiger partial charge < -0.3 is 4.74 Å². The van der Waals surface area contributed by atoms with E-state index >= 15 is 0 Å². The number of halogens is 3. The van der Waals surface area contributed by atoms with Gasteiger partial charge in [-0.2, -0.15) is 0 Å². The summed E-state index contributed by atoms with van der Waals surface area (Å²) in [6, 6.07) is 2.20. The minimum absolute atomic E-state index is 0.125. The zero-order valence-corrected chi connectivity index (χ0v) is 7.44. The van der Waals surface area contributed by atoms with Gasteiger partial charge in [0.05, 0.1) is 6.10 Å². The zero-order valence-electron chi connectivity index (χ0n) is 6.69. The van der Waals surface area contributed by atoms with Crippen LogP contribution in [0.2, 0.25) is 5.02 Å². The first-order valence-electron chi connectivity index (χ1n) is 3.98. The monoisotopic (exact) mass is 204 g/mol.